The van der Waals surface area contributed by atoms with Crippen LogP contribution < -0.4 is 18.9 Å². The summed E-state index contributed by atoms with van der Waals surface area (Å²) in [5.41, 5.74) is -5.91. The van der Waals surface area contributed by atoms with E-state index in [4.69, 9.17) is 0 Å². The van der Waals surface area contributed by atoms with Crippen molar-refractivity contribution in [1.29, 1.82) is 0 Å². The Morgan fingerprint density at radius 1 is 0.852 bits per heavy atom. The number of benzene rings is 1. The van der Waals surface area contributed by atoms with E-state index in [2.05, 4.69) is 0 Å². The molecule has 0 bridgehead atoms. The van der Waals surface area contributed by atoms with E-state index in [0.29, 0.717) is 0 Å². The van der Waals surface area contributed by atoms with Gasteiger partial charge in [0.15, 0.2) is 16.7 Å². The molecule has 0 aliphatic heterocycles. The predicted molar refractivity (Wildman–Crippen MR) is 72.9 cm³/mol. The van der Waals surface area contributed by atoms with Gasteiger partial charge in [-0.1, -0.05) is 18.2 Å². The van der Waals surface area contributed by atoms with E-state index in [0.717, 1.165) is 16.3 Å². The van der Waals surface area contributed by atoms with Crippen molar-refractivity contribution in [2.75, 3.05) is 6.67 Å². The molecule has 0 heterocycles. The van der Waals surface area contributed by atoms with Crippen LogP contribution in [-0.4, -0.2) is 42.7 Å². The van der Waals surface area contributed by atoms with Gasteiger partial charge in [0.1, 0.15) is 0 Å². The van der Waals surface area contributed by atoms with Crippen LogP contribution in [0.5, 0.6) is 0 Å². The molecule has 18 heteroatoms. The van der Waals surface area contributed by atoms with E-state index in [9.17, 15) is 55.5 Å². The average molecular weight is 461 g/mol. The van der Waals surface area contributed by atoms with Crippen molar-refractivity contribution in [2.24, 2.45) is 0 Å². The average Bonchev–Trinajstić information content (AvgIpc) is 2.45. The van der Waals surface area contributed by atoms with Crippen molar-refractivity contribution in [3.05, 3.63) is 34.5 Å². The second-order valence-corrected chi connectivity index (χ2v) is 8.90. The molecule has 0 atom stereocenters. The molecular formula is C9H7F7LiNO6S3. The Morgan fingerprint density at radius 2 is 1.26 bits per heavy atom. The van der Waals surface area contributed by atoms with Gasteiger partial charge in [0, 0.05) is 0 Å². The van der Waals surface area contributed by atoms with E-state index in [1.807, 2.05) is 0 Å². The number of halogens is 7. The molecule has 0 amide bonds. The minimum atomic E-state index is -6.29. The van der Waals surface area contributed by atoms with Crippen LogP contribution in [0.1, 0.15) is 0 Å². The maximum absolute atomic E-state index is 12.7. The number of rotatable bonds is 5. The number of hydrogen-bond donors (Lipinski definition) is 0. The number of nitrogens with zero attached hydrogens (tertiary/aromatic N) is 1. The summed E-state index contributed by atoms with van der Waals surface area (Å²) in [5.74, 6) is 0. The van der Waals surface area contributed by atoms with Crippen LogP contribution in [0.25, 0.3) is 4.13 Å². The fraction of sp³-hybridized carbons (Fsp3) is 0.333. The Hall–Kier alpha value is -0.863. The second-order valence-electron chi connectivity index (χ2n) is 3.99. The molecule has 0 saturated carbocycles. The Kier molecular flexibility index (Phi) is 10.0. The monoisotopic (exact) mass is 461 g/mol. The largest absolute Gasteiger partial charge is 1.00 e. The standard InChI is InChI=1S/C8H7F3O2S.CF4NO4S2.Li/c9-6-8(10,11)14(12,13)7-4-2-1-3-5-7;2-1(3,4)11(7,8)6-12(5,9)10;/h1-5H,6H2;;/q;-1;+1. The van der Waals surface area contributed by atoms with Gasteiger partial charge in [-0.2, -0.15) is 22.0 Å². The Bertz CT molecular complexity index is 916. The first kappa shape index (κ1) is 28.3. The normalized spacial score (nSPS) is 13.1. The third-order valence-electron chi connectivity index (χ3n) is 2.08. The van der Waals surface area contributed by atoms with Crippen LogP contribution in [0.2, 0.25) is 0 Å². The van der Waals surface area contributed by atoms with Crippen molar-refractivity contribution in [2.45, 2.75) is 15.7 Å². The molecule has 0 aliphatic rings. The maximum Gasteiger partial charge on any atom is 1.00 e. The van der Waals surface area contributed by atoms with Gasteiger partial charge >= 0.3 is 29.6 Å². The van der Waals surface area contributed by atoms with Crippen LogP contribution in [0.15, 0.2) is 35.2 Å². The minimum Gasteiger partial charge on any atom is -0.400 e. The van der Waals surface area contributed by atoms with Gasteiger partial charge in [-0.25, -0.2) is 29.6 Å². The zero-order valence-corrected chi connectivity index (χ0v) is 15.3. The Labute approximate surface area is 161 Å². The summed E-state index contributed by atoms with van der Waals surface area (Å²) in [4.78, 5) is -0.581. The zero-order chi connectivity index (χ0) is 21.0. The minimum absolute atomic E-state index is 0. The van der Waals surface area contributed by atoms with E-state index < -0.39 is 52.6 Å². The van der Waals surface area contributed by atoms with Gasteiger partial charge in [-0.05, 0) is 12.1 Å². The summed E-state index contributed by atoms with van der Waals surface area (Å²) in [6, 6.07) is 6.06. The smallest absolute Gasteiger partial charge is 0.400 e. The molecule has 0 saturated heterocycles. The fourth-order valence-electron chi connectivity index (χ4n) is 1.00. The van der Waals surface area contributed by atoms with Crippen LogP contribution in [-0.2, 0) is 30.3 Å². The number of sulfone groups is 1. The third kappa shape index (κ3) is 8.35. The molecule has 1 aromatic rings. The molecule has 0 aliphatic carbocycles. The number of sulfonamides is 1. The summed E-state index contributed by atoms with van der Waals surface area (Å²) >= 11 is 0. The Balaban J connectivity index is 0. The third-order valence-corrected chi connectivity index (χ3v) is 5.95. The molecule has 1 rings (SSSR count). The predicted octanol–water partition coefficient (Wildman–Crippen LogP) is -0.549. The van der Waals surface area contributed by atoms with Crippen molar-refractivity contribution in [3.63, 3.8) is 0 Å². The number of hydrogen-bond acceptors (Lipinski definition) is 6. The van der Waals surface area contributed by atoms with Crippen LogP contribution in [0.4, 0.5) is 30.2 Å². The number of alkyl halides is 6. The molecular weight excluding hydrogens is 454 g/mol. The molecule has 0 radical (unpaired) electrons. The maximum atomic E-state index is 12.7. The van der Waals surface area contributed by atoms with Gasteiger partial charge in [-0.3, -0.25) is 0 Å². The van der Waals surface area contributed by atoms with Crippen molar-refractivity contribution in [1.82, 2.24) is 0 Å². The Morgan fingerprint density at radius 3 is 1.52 bits per heavy atom. The summed E-state index contributed by atoms with van der Waals surface area (Å²) < 4.78 is 144. The summed E-state index contributed by atoms with van der Waals surface area (Å²) in [7, 11) is -17.2. The van der Waals surface area contributed by atoms with Gasteiger partial charge < -0.3 is 4.13 Å². The molecule has 0 spiro atoms. The van der Waals surface area contributed by atoms with Crippen LogP contribution in [0, 0.1) is 0 Å². The van der Waals surface area contributed by atoms with Gasteiger partial charge in [0.2, 0.25) is 20.2 Å². The van der Waals surface area contributed by atoms with E-state index in [1.165, 1.54) is 18.2 Å². The summed E-state index contributed by atoms with van der Waals surface area (Å²) in [6.45, 7) is -2.22. The molecule has 152 valence electrons. The molecule has 0 N–H and O–H groups in total. The van der Waals surface area contributed by atoms with E-state index in [-0.39, 0.29) is 18.9 Å². The van der Waals surface area contributed by atoms with Crippen molar-refractivity contribution < 1.29 is 74.3 Å². The molecule has 7 nitrogen and oxygen atoms in total. The summed E-state index contributed by atoms with van der Waals surface area (Å²) in [5, 5.41) is -4.35. The first-order chi connectivity index (χ1) is 11.4. The SMILES string of the molecule is O=S(=O)(F)[N-]S(=O)(=O)C(F)(F)F.O=S(=O)(c1ccccc1)C(F)(F)CF.[Li+]. The molecule has 0 fully saturated rings. The first-order valence-corrected chi connectivity index (χ1v) is 9.87. The van der Waals surface area contributed by atoms with Crippen molar-refractivity contribution >= 4 is 30.3 Å². The van der Waals surface area contributed by atoms with Crippen molar-refractivity contribution in [3.8, 4) is 0 Å². The second kappa shape index (κ2) is 9.56. The topological polar surface area (TPSA) is 117 Å². The van der Waals surface area contributed by atoms with Gasteiger partial charge in [-0.15, -0.1) is 3.89 Å². The molecule has 0 aromatic heterocycles. The molecule has 27 heavy (non-hydrogen) atoms. The molecule has 1 aromatic carbocycles. The summed E-state index contributed by atoms with van der Waals surface area (Å²) in [6.07, 6.45) is 0. The van der Waals surface area contributed by atoms with Crippen LogP contribution in [0.3, 0.4) is 0 Å². The van der Waals surface area contributed by atoms with E-state index in [1.54, 1.807) is 0 Å². The van der Waals surface area contributed by atoms with Crippen LogP contribution >= 0.6 is 0 Å². The molecule has 0 unspecified atom stereocenters. The quantitative estimate of drug-likeness (QED) is 0.330. The first-order valence-electron chi connectivity index (χ1n) is 5.61. The van der Waals surface area contributed by atoms with Gasteiger partial charge in [0.05, 0.1) is 4.90 Å². The van der Waals surface area contributed by atoms with Gasteiger partial charge in [0.25, 0.3) is 0 Å². The van der Waals surface area contributed by atoms with E-state index >= 15 is 0 Å². The fourth-order valence-corrected chi connectivity index (χ4v) is 3.28. The zero-order valence-electron chi connectivity index (χ0n) is 12.9.